The fraction of sp³-hybridized carbons (Fsp3) is 0.0714. The summed E-state index contributed by atoms with van der Waals surface area (Å²) >= 11 is 4.82. The predicted octanol–water partition coefficient (Wildman–Crippen LogP) is 3.92. The molecule has 2 heterocycles. The summed E-state index contributed by atoms with van der Waals surface area (Å²) in [7, 11) is 0. The molecule has 0 saturated carbocycles. The van der Waals surface area contributed by atoms with Crippen molar-refractivity contribution in [3.8, 4) is 10.7 Å². The molecule has 0 unspecified atom stereocenters. The summed E-state index contributed by atoms with van der Waals surface area (Å²) in [5, 5.41) is 5.78. The smallest absolute Gasteiger partial charge is 0.338 e. The summed E-state index contributed by atoms with van der Waals surface area (Å²) < 4.78 is 11.1. The lowest BCUT2D eigenvalue weighted by Crippen LogP contribution is -2.05. The fourth-order valence-electron chi connectivity index (χ4n) is 1.62. The highest BCUT2D eigenvalue weighted by Gasteiger charge is 2.12. The van der Waals surface area contributed by atoms with Gasteiger partial charge in [0.1, 0.15) is 0 Å². The maximum Gasteiger partial charge on any atom is 0.338 e. The number of rotatable bonds is 4. The van der Waals surface area contributed by atoms with Crippen LogP contribution in [0.15, 0.2) is 50.8 Å². The average Bonchev–Trinajstić information content (AvgIpc) is 3.16. The van der Waals surface area contributed by atoms with E-state index in [0.29, 0.717) is 11.4 Å². The Balaban J connectivity index is 1.62. The molecule has 7 heteroatoms. The van der Waals surface area contributed by atoms with Gasteiger partial charge in [0, 0.05) is 4.47 Å². The van der Waals surface area contributed by atoms with Crippen LogP contribution in [0, 0.1) is 0 Å². The number of hydrogen-bond acceptors (Lipinski definition) is 6. The summed E-state index contributed by atoms with van der Waals surface area (Å²) in [5.41, 5.74) is 0.469. The highest BCUT2D eigenvalue weighted by Crippen LogP contribution is 2.21. The zero-order chi connectivity index (χ0) is 14.7. The van der Waals surface area contributed by atoms with Crippen molar-refractivity contribution in [2.24, 2.45) is 0 Å². The maximum atomic E-state index is 11.8. The third kappa shape index (κ3) is 3.37. The number of aromatic nitrogens is 2. The van der Waals surface area contributed by atoms with Gasteiger partial charge in [-0.3, -0.25) is 0 Å². The van der Waals surface area contributed by atoms with Crippen molar-refractivity contribution in [1.29, 1.82) is 0 Å². The number of halogens is 1. The van der Waals surface area contributed by atoms with Gasteiger partial charge in [-0.2, -0.15) is 4.98 Å². The van der Waals surface area contributed by atoms with Crippen molar-refractivity contribution < 1.29 is 14.1 Å². The lowest BCUT2D eigenvalue weighted by Gasteiger charge is -2.01. The van der Waals surface area contributed by atoms with Gasteiger partial charge in [-0.1, -0.05) is 27.2 Å². The van der Waals surface area contributed by atoms with E-state index < -0.39 is 5.97 Å². The standard InChI is InChI=1S/C14H9BrN2O3S/c15-10-5-3-9(4-6-10)14(18)19-8-12-16-13(17-20-12)11-2-1-7-21-11/h1-7H,8H2. The first-order valence-electron chi connectivity index (χ1n) is 6.01. The van der Waals surface area contributed by atoms with Crippen molar-refractivity contribution in [2.45, 2.75) is 6.61 Å². The number of carbonyl (C=O) groups excluding carboxylic acids is 1. The predicted molar refractivity (Wildman–Crippen MR) is 80.9 cm³/mol. The SMILES string of the molecule is O=C(OCc1nc(-c2cccs2)no1)c1ccc(Br)cc1. The average molecular weight is 365 g/mol. The minimum absolute atomic E-state index is 0.0483. The highest BCUT2D eigenvalue weighted by atomic mass is 79.9. The van der Waals surface area contributed by atoms with Crippen LogP contribution in [-0.4, -0.2) is 16.1 Å². The minimum Gasteiger partial charge on any atom is -0.452 e. The monoisotopic (exact) mass is 364 g/mol. The molecule has 21 heavy (non-hydrogen) atoms. The van der Waals surface area contributed by atoms with Crippen LogP contribution in [-0.2, 0) is 11.3 Å². The van der Waals surface area contributed by atoms with Crippen LogP contribution in [0.5, 0.6) is 0 Å². The molecule has 0 aliphatic heterocycles. The van der Waals surface area contributed by atoms with Gasteiger partial charge in [-0.05, 0) is 35.7 Å². The molecule has 0 fully saturated rings. The highest BCUT2D eigenvalue weighted by molar-refractivity contribution is 9.10. The topological polar surface area (TPSA) is 65.2 Å². The Labute approximate surface area is 132 Å². The first-order chi connectivity index (χ1) is 10.2. The molecule has 0 radical (unpaired) electrons. The van der Waals surface area contributed by atoms with Crippen molar-refractivity contribution in [3.05, 3.63) is 57.7 Å². The molecule has 0 amide bonds. The summed E-state index contributed by atoms with van der Waals surface area (Å²) in [6, 6.07) is 10.7. The van der Waals surface area contributed by atoms with E-state index >= 15 is 0 Å². The van der Waals surface area contributed by atoms with Gasteiger partial charge < -0.3 is 9.26 Å². The van der Waals surface area contributed by atoms with Crippen LogP contribution in [0.1, 0.15) is 16.2 Å². The molecule has 0 aliphatic rings. The molecule has 3 aromatic rings. The van der Waals surface area contributed by atoms with Crippen LogP contribution in [0.2, 0.25) is 0 Å². The normalized spacial score (nSPS) is 10.5. The van der Waals surface area contributed by atoms with Crippen molar-refractivity contribution in [3.63, 3.8) is 0 Å². The first-order valence-corrected chi connectivity index (χ1v) is 7.69. The second-order valence-corrected chi connectivity index (χ2v) is 5.94. The third-order valence-electron chi connectivity index (χ3n) is 2.62. The Morgan fingerprint density at radius 2 is 2.10 bits per heavy atom. The lowest BCUT2D eigenvalue weighted by molar-refractivity contribution is 0.0430. The van der Waals surface area contributed by atoms with Crippen LogP contribution < -0.4 is 0 Å². The van der Waals surface area contributed by atoms with Crippen molar-refractivity contribution in [2.75, 3.05) is 0 Å². The number of thiophene rings is 1. The molecular weight excluding hydrogens is 356 g/mol. The van der Waals surface area contributed by atoms with E-state index in [1.807, 2.05) is 17.5 Å². The van der Waals surface area contributed by atoms with Crippen LogP contribution in [0.3, 0.4) is 0 Å². The number of esters is 1. The molecule has 1 aromatic carbocycles. The second-order valence-electron chi connectivity index (χ2n) is 4.07. The molecule has 0 saturated heterocycles. The second kappa shape index (κ2) is 6.19. The van der Waals surface area contributed by atoms with E-state index in [2.05, 4.69) is 26.1 Å². The number of hydrogen-bond donors (Lipinski definition) is 0. The van der Waals surface area contributed by atoms with Gasteiger partial charge in [0.25, 0.3) is 5.89 Å². The number of nitrogens with zero attached hydrogens (tertiary/aromatic N) is 2. The molecule has 0 spiro atoms. The van der Waals surface area contributed by atoms with E-state index in [-0.39, 0.29) is 12.5 Å². The lowest BCUT2D eigenvalue weighted by atomic mass is 10.2. The van der Waals surface area contributed by atoms with Gasteiger partial charge in [0.15, 0.2) is 6.61 Å². The largest absolute Gasteiger partial charge is 0.452 e. The summed E-state index contributed by atoms with van der Waals surface area (Å²) in [6.45, 7) is -0.0483. The Kier molecular flexibility index (Phi) is 4.12. The maximum absolute atomic E-state index is 11.8. The fourth-order valence-corrected chi connectivity index (χ4v) is 2.53. The Morgan fingerprint density at radius 3 is 2.81 bits per heavy atom. The molecule has 106 valence electrons. The van der Waals surface area contributed by atoms with Crippen molar-refractivity contribution >= 4 is 33.2 Å². The van der Waals surface area contributed by atoms with Gasteiger partial charge >= 0.3 is 5.97 Å². The van der Waals surface area contributed by atoms with Crippen LogP contribution in [0.25, 0.3) is 10.7 Å². The van der Waals surface area contributed by atoms with E-state index in [0.717, 1.165) is 9.35 Å². The quantitative estimate of drug-likeness (QED) is 0.656. The van der Waals surface area contributed by atoms with E-state index in [1.165, 1.54) is 11.3 Å². The number of ether oxygens (including phenoxy) is 1. The molecule has 3 rings (SSSR count). The van der Waals surface area contributed by atoms with Crippen molar-refractivity contribution in [1.82, 2.24) is 10.1 Å². The molecule has 5 nitrogen and oxygen atoms in total. The summed E-state index contributed by atoms with van der Waals surface area (Å²) in [4.78, 5) is 16.9. The van der Waals surface area contributed by atoms with E-state index in [1.54, 1.807) is 24.3 Å². The van der Waals surface area contributed by atoms with Crippen LogP contribution in [0.4, 0.5) is 0 Å². The van der Waals surface area contributed by atoms with Gasteiger partial charge in [0.05, 0.1) is 10.4 Å². The van der Waals surface area contributed by atoms with Gasteiger partial charge in [-0.25, -0.2) is 4.79 Å². The third-order valence-corrected chi connectivity index (χ3v) is 4.01. The van der Waals surface area contributed by atoms with Crippen LogP contribution >= 0.6 is 27.3 Å². The molecule has 0 bridgehead atoms. The van der Waals surface area contributed by atoms with E-state index in [9.17, 15) is 4.79 Å². The Morgan fingerprint density at radius 1 is 1.29 bits per heavy atom. The van der Waals surface area contributed by atoms with E-state index in [4.69, 9.17) is 9.26 Å². The van der Waals surface area contributed by atoms with Gasteiger partial charge in [0.2, 0.25) is 5.82 Å². The molecule has 0 N–H and O–H groups in total. The Hall–Kier alpha value is -1.99. The number of carbonyl (C=O) groups is 1. The van der Waals surface area contributed by atoms with Gasteiger partial charge in [-0.15, -0.1) is 11.3 Å². The first kappa shape index (κ1) is 14.0. The summed E-state index contributed by atoms with van der Waals surface area (Å²) in [6.07, 6.45) is 0. The molecule has 2 aromatic heterocycles. The molecule has 0 aliphatic carbocycles. The molecular formula is C14H9BrN2O3S. The zero-order valence-corrected chi connectivity index (χ0v) is 13.1. The zero-order valence-electron chi connectivity index (χ0n) is 10.7. The Bertz CT molecular complexity index is 738. The number of benzene rings is 1. The summed E-state index contributed by atoms with van der Waals surface area (Å²) in [5.74, 6) is 0.335. The minimum atomic E-state index is -0.432. The molecule has 0 atom stereocenters.